The van der Waals surface area contributed by atoms with Crippen LogP contribution in [0.2, 0.25) is 0 Å². The van der Waals surface area contributed by atoms with Crippen LogP contribution in [0.25, 0.3) is 65.7 Å². The molecule has 0 aliphatic heterocycles. The van der Waals surface area contributed by atoms with Gasteiger partial charge >= 0.3 is 0 Å². The fraction of sp³-hybridized carbons (Fsp3) is 0. The van der Waals surface area contributed by atoms with Crippen molar-refractivity contribution in [3.63, 3.8) is 0 Å². The first-order chi connectivity index (χ1) is 22.8. The lowest BCUT2D eigenvalue weighted by molar-refractivity contribution is 0.672. The van der Waals surface area contributed by atoms with E-state index in [-0.39, 0.29) is 0 Å². The monoisotopic (exact) mass is 587 g/mol. The van der Waals surface area contributed by atoms with Crippen LogP contribution >= 0.6 is 0 Å². The number of para-hydroxylation sites is 1. The lowest BCUT2D eigenvalue weighted by Crippen LogP contribution is -2.09. The number of furan rings is 1. The average Bonchev–Trinajstić information content (AvgIpc) is 3.52. The Bertz CT molecular complexity index is 2510. The molecule has 1 heterocycles. The third kappa shape index (κ3) is 4.51. The van der Waals surface area contributed by atoms with Crippen LogP contribution in [-0.4, -0.2) is 0 Å². The molecule has 2 nitrogen and oxygen atoms in total. The molecule has 0 atom stereocenters. The van der Waals surface area contributed by atoms with E-state index in [0.717, 1.165) is 49.8 Å². The number of benzene rings is 8. The van der Waals surface area contributed by atoms with Crippen LogP contribution in [0.4, 0.5) is 17.1 Å². The van der Waals surface area contributed by atoms with E-state index in [9.17, 15) is 0 Å². The molecule has 0 saturated carbocycles. The summed E-state index contributed by atoms with van der Waals surface area (Å²) in [5.41, 5.74) is 9.89. The van der Waals surface area contributed by atoms with E-state index < -0.39 is 0 Å². The first kappa shape index (κ1) is 26.3. The normalized spacial score (nSPS) is 11.5. The minimum Gasteiger partial charge on any atom is -0.455 e. The van der Waals surface area contributed by atoms with Gasteiger partial charge in [-0.1, -0.05) is 121 Å². The van der Waals surface area contributed by atoms with E-state index >= 15 is 0 Å². The quantitative estimate of drug-likeness (QED) is 0.199. The van der Waals surface area contributed by atoms with Gasteiger partial charge in [-0.05, 0) is 93.0 Å². The van der Waals surface area contributed by atoms with Gasteiger partial charge in [-0.3, -0.25) is 0 Å². The first-order valence-corrected chi connectivity index (χ1v) is 15.7. The molecule has 0 saturated heterocycles. The molecule has 0 bridgehead atoms. The van der Waals surface area contributed by atoms with Crippen LogP contribution in [-0.2, 0) is 0 Å². The molecule has 0 N–H and O–H groups in total. The van der Waals surface area contributed by atoms with Gasteiger partial charge in [0.05, 0.1) is 0 Å². The molecule has 0 aliphatic rings. The molecule has 2 heteroatoms. The zero-order valence-corrected chi connectivity index (χ0v) is 25.1. The van der Waals surface area contributed by atoms with Crippen molar-refractivity contribution >= 4 is 60.5 Å². The van der Waals surface area contributed by atoms with Gasteiger partial charge in [0.1, 0.15) is 11.2 Å². The maximum Gasteiger partial charge on any atom is 0.143 e. The van der Waals surface area contributed by atoms with E-state index in [1.165, 1.54) is 33.0 Å². The highest BCUT2D eigenvalue weighted by atomic mass is 16.3. The fourth-order valence-electron chi connectivity index (χ4n) is 6.68. The number of hydrogen-bond donors (Lipinski definition) is 0. The third-order valence-corrected chi connectivity index (χ3v) is 9.04. The van der Waals surface area contributed by atoms with Crippen LogP contribution in [0.3, 0.4) is 0 Å². The Morgan fingerprint density at radius 1 is 0.326 bits per heavy atom. The molecule has 0 spiro atoms. The zero-order chi connectivity index (χ0) is 30.5. The Kier molecular flexibility index (Phi) is 6.17. The SMILES string of the molecule is c1ccc(-c2ccc(N(c3ccc(-c4ccc5ccccc5c4)cc3)c3ccc4ccc5c6ccccc6oc5c4c3)cc2)cc1. The highest BCUT2D eigenvalue weighted by molar-refractivity contribution is 6.15. The Labute approximate surface area is 267 Å². The van der Waals surface area contributed by atoms with Crippen molar-refractivity contribution in [3.8, 4) is 22.3 Å². The van der Waals surface area contributed by atoms with Crippen molar-refractivity contribution in [2.24, 2.45) is 0 Å². The minimum atomic E-state index is 0.910. The highest BCUT2D eigenvalue weighted by Gasteiger charge is 2.16. The second kappa shape index (κ2) is 10.8. The Balaban J connectivity index is 1.18. The molecular formula is C44H29NO. The Morgan fingerprint density at radius 2 is 0.891 bits per heavy atom. The van der Waals surface area contributed by atoms with E-state index in [2.05, 4.69) is 169 Å². The van der Waals surface area contributed by atoms with Gasteiger partial charge in [-0.15, -0.1) is 0 Å². The van der Waals surface area contributed by atoms with Gasteiger partial charge in [0.2, 0.25) is 0 Å². The summed E-state index contributed by atoms with van der Waals surface area (Å²) < 4.78 is 6.45. The van der Waals surface area contributed by atoms with Crippen LogP contribution in [0, 0.1) is 0 Å². The lowest BCUT2D eigenvalue weighted by atomic mass is 10.0. The molecule has 216 valence electrons. The van der Waals surface area contributed by atoms with Crippen LogP contribution in [0.5, 0.6) is 0 Å². The second-order valence-corrected chi connectivity index (χ2v) is 11.8. The molecule has 9 aromatic rings. The number of hydrogen-bond acceptors (Lipinski definition) is 2. The molecule has 0 radical (unpaired) electrons. The van der Waals surface area contributed by atoms with Crippen LogP contribution < -0.4 is 4.90 Å². The van der Waals surface area contributed by atoms with Gasteiger partial charge in [-0.25, -0.2) is 0 Å². The van der Waals surface area contributed by atoms with Gasteiger partial charge in [0, 0.05) is 33.2 Å². The molecule has 9 rings (SSSR count). The summed E-state index contributed by atoms with van der Waals surface area (Å²) in [4.78, 5) is 2.33. The van der Waals surface area contributed by atoms with E-state index in [4.69, 9.17) is 4.42 Å². The van der Waals surface area contributed by atoms with Crippen LogP contribution in [0.1, 0.15) is 0 Å². The molecule has 46 heavy (non-hydrogen) atoms. The molecule has 8 aromatic carbocycles. The Hall–Kier alpha value is -6.12. The van der Waals surface area contributed by atoms with Crippen molar-refractivity contribution in [2.75, 3.05) is 4.90 Å². The second-order valence-electron chi connectivity index (χ2n) is 11.8. The van der Waals surface area contributed by atoms with Gasteiger partial charge in [0.15, 0.2) is 0 Å². The van der Waals surface area contributed by atoms with Crippen LogP contribution in [0.15, 0.2) is 180 Å². The van der Waals surface area contributed by atoms with Gasteiger partial charge in [-0.2, -0.15) is 0 Å². The highest BCUT2D eigenvalue weighted by Crippen LogP contribution is 2.41. The number of fused-ring (bicyclic) bond motifs is 6. The number of nitrogens with zero attached hydrogens (tertiary/aromatic N) is 1. The topological polar surface area (TPSA) is 16.4 Å². The number of rotatable bonds is 5. The minimum absolute atomic E-state index is 0.910. The van der Waals surface area contributed by atoms with Crippen molar-refractivity contribution < 1.29 is 4.42 Å². The van der Waals surface area contributed by atoms with E-state index in [1.807, 2.05) is 12.1 Å². The van der Waals surface area contributed by atoms with Crippen molar-refractivity contribution in [2.45, 2.75) is 0 Å². The summed E-state index contributed by atoms with van der Waals surface area (Å²) in [6.07, 6.45) is 0. The molecular weight excluding hydrogens is 558 g/mol. The third-order valence-electron chi connectivity index (χ3n) is 9.04. The smallest absolute Gasteiger partial charge is 0.143 e. The van der Waals surface area contributed by atoms with E-state index in [1.54, 1.807) is 0 Å². The summed E-state index contributed by atoms with van der Waals surface area (Å²) in [5, 5.41) is 7.03. The zero-order valence-electron chi connectivity index (χ0n) is 25.1. The standard InChI is InChI=1S/C44H29NO/c1-2-8-30(9-3-1)32-16-22-37(23-17-32)45(38-24-18-33(19-25-38)36-15-14-31-10-4-5-11-35(31)28-36)39-26-20-34-21-27-41-40-12-6-7-13-43(40)46-44(41)42(34)29-39/h1-29H. The Morgan fingerprint density at radius 3 is 1.67 bits per heavy atom. The van der Waals surface area contributed by atoms with Crippen molar-refractivity contribution in [3.05, 3.63) is 176 Å². The van der Waals surface area contributed by atoms with Crippen molar-refractivity contribution in [1.29, 1.82) is 0 Å². The van der Waals surface area contributed by atoms with Gasteiger partial charge in [0.25, 0.3) is 0 Å². The van der Waals surface area contributed by atoms with E-state index in [0.29, 0.717) is 0 Å². The largest absolute Gasteiger partial charge is 0.455 e. The summed E-state index contributed by atoms with van der Waals surface area (Å²) >= 11 is 0. The van der Waals surface area contributed by atoms with Gasteiger partial charge < -0.3 is 9.32 Å². The summed E-state index contributed by atoms with van der Waals surface area (Å²) in [6, 6.07) is 62.8. The lowest BCUT2D eigenvalue weighted by Gasteiger charge is -2.26. The molecule has 1 aromatic heterocycles. The molecule has 0 unspecified atom stereocenters. The van der Waals surface area contributed by atoms with Crippen molar-refractivity contribution in [1.82, 2.24) is 0 Å². The summed E-state index contributed by atoms with van der Waals surface area (Å²) in [7, 11) is 0. The maximum absolute atomic E-state index is 6.45. The predicted molar refractivity (Wildman–Crippen MR) is 194 cm³/mol. The molecule has 0 fully saturated rings. The molecule has 0 aliphatic carbocycles. The average molecular weight is 588 g/mol. The fourth-order valence-corrected chi connectivity index (χ4v) is 6.68. The predicted octanol–water partition coefficient (Wildman–Crippen LogP) is 12.7. The molecule has 0 amide bonds. The first-order valence-electron chi connectivity index (χ1n) is 15.7. The number of anilines is 3. The summed E-state index contributed by atoms with van der Waals surface area (Å²) in [6.45, 7) is 0. The summed E-state index contributed by atoms with van der Waals surface area (Å²) in [5.74, 6) is 0. The maximum atomic E-state index is 6.45.